The van der Waals surface area contributed by atoms with Crippen LogP contribution in [-0.2, 0) is 4.74 Å². The first kappa shape index (κ1) is 16.1. The van der Waals surface area contributed by atoms with Gasteiger partial charge in [-0.2, -0.15) is 0 Å². The minimum absolute atomic E-state index is 0.0737. The van der Waals surface area contributed by atoms with E-state index >= 15 is 0 Å². The minimum Gasteiger partial charge on any atom is -0.389 e. The van der Waals surface area contributed by atoms with Crippen LogP contribution in [0.2, 0.25) is 0 Å². The fourth-order valence-corrected chi connectivity index (χ4v) is 1.87. The number of carbonyl (C=O) groups excluding carboxylic acids is 1. The van der Waals surface area contributed by atoms with Crippen LogP contribution in [0.15, 0.2) is 18.2 Å². The average molecular weight is 282 g/mol. The molecule has 0 heterocycles. The van der Waals surface area contributed by atoms with Crippen molar-refractivity contribution in [1.82, 2.24) is 0 Å². The SMILES string of the molecule is COCC(O)CN(C)c1ccc(C(C)=O)c([N+](=O)[O-])c1. The van der Waals surface area contributed by atoms with Gasteiger partial charge in [-0.05, 0) is 19.1 Å². The number of hydrogen-bond acceptors (Lipinski definition) is 6. The Bertz CT molecular complexity index is 504. The molecule has 0 fully saturated rings. The molecule has 7 heteroatoms. The fourth-order valence-electron chi connectivity index (χ4n) is 1.87. The summed E-state index contributed by atoms with van der Waals surface area (Å²) in [6, 6.07) is 4.37. The molecule has 110 valence electrons. The van der Waals surface area contributed by atoms with Crippen LogP contribution in [0.25, 0.3) is 0 Å². The standard InChI is InChI=1S/C13H18N2O5/c1-9(16)12-5-4-10(6-13(12)15(18)19)14(2)7-11(17)8-20-3/h4-6,11,17H,7-8H2,1-3H3. The number of nitro benzene ring substituents is 1. The Hall–Kier alpha value is -1.99. The molecule has 0 aliphatic rings. The molecule has 0 aliphatic carbocycles. The summed E-state index contributed by atoms with van der Waals surface area (Å²) in [4.78, 5) is 23.4. The minimum atomic E-state index is -0.698. The molecule has 0 aromatic heterocycles. The normalized spacial score (nSPS) is 12.0. The summed E-state index contributed by atoms with van der Waals surface area (Å²) in [6.07, 6.45) is -0.698. The van der Waals surface area contributed by atoms with Gasteiger partial charge in [0.2, 0.25) is 0 Å². The molecule has 0 amide bonds. The quantitative estimate of drug-likeness (QED) is 0.459. The molecule has 0 bridgehead atoms. The molecule has 1 aromatic carbocycles. The number of Topliss-reactive ketones (excluding diaryl/α,β-unsaturated/α-hetero) is 1. The zero-order chi connectivity index (χ0) is 15.3. The number of rotatable bonds is 7. The zero-order valence-corrected chi connectivity index (χ0v) is 11.7. The van der Waals surface area contributed by atoms with Gasteiger partial charge in [0.1, 0.15) is 0 Å². The van der Waals surface area contributed by atoms with Gasteiger partial charge in [0, 0.05) is 32.5 Å². The second-order valence-corrected chi connectivity index (χ2v) is 4.50. The van der Waals surface area contributed by atoms with Gasteiger partial charge in [0.05, 0.1) is 23.2 Å². The van der Waals surface area contributed by atoms with E-state index in [1.165, 1.54) is 26.2 Å². The van der Waals surface area contributed by atoms with E-state index in [0.717, 1.165) is 0 Å². The highest BCUT2D eigenvalue weighted by Gasteiger charge is 2.19. The highest BCUT2D eigenvalue weighted by Crippen LogP contribution is 2.25. The van der Waals surface area contributed by atoms with Crippen LogP contribution < -0.4 is 4.90 Å². The van der Waals surface area contributed by atoms with Crippen LogP contribution in [-0.4, -0.2) is 49.2 Å². The number of ketones is 1. The lowest BCUT2D eigenvalue weighted by Gasteiger charge is -2.22. The second kappa shape index (κ2) is 6.97. The summed E-state index contributed by atoms with van der Waals surface area (Å²) in [5.74, 6) is -0.356. The number of methoxy groups -OCH3 is 1. The number of carbonyl (C=O) groups is 1. The largest absolute Gasteiger partial charge is 0.389 e. The lowest BCUT2D eigenvalue weighted by molar-refractivity contribution is -0.385. The molecule has 0 spiro atoms. The summed E-state index contributed by atoms with van der Waals surface area (Å²) in [6.45, 7) is 1.73. The summed E-state index contributed by atoms with van der Waals surface area (Å²) in [5.41, 5.74) is 0.393. The van der Waals surface area contributed by atoms with E-state index < -0.39 is 11.0 Å². The molecule has 1 N–H and O–H groups in total. The Kier molecular flexibility index (Phi) is 5.60. The first-order chi connectivity index (χ1) is 9.36. The Morgan fingerprint density at radius 2 is 2.20 bits per heavy atom. The van der Waals surface area contributed by atoms with E-state index in [1.807, 2.05) is 0 Å². The molecule has 7 nitrogen and oxygen atoms in total. The maximum absolute atomic E-state index is 11.3. The van der Waals surface area contributed by atoms with Crippen LogP contribution >= 0.6 is 0 Å². The molecule has 0 aliphatic heterocycles. The molecule has 1 rings (SSSR count). The molecule has 0 radical (unpaired) electrons. The van der Waals surface area contributed by atoms with Crippen LogP contribution in [0.1, 0.15) is 17.3 Å². The predicted octanol–water partition coefficient (Wildman–Crippen LogP) is 1.24. The number of nitrogens with zero attached hydrogens (tertiary/aromatic N) is 2. The monoisotopic (exact) mass is 282 g/mol. The third kappa shape index (κ3) is 4.01. The predicted molar refractivity (Wildman–Crippen MR) is 74.3 cm³/mol. The lowest BCUT2D eigenvalue weighted by atomic mass is 10.1. The number of anilines is 1. The van der Waals surface area contributed by atoms with Gasteiger partial charge < -0.3 is 14.7 Å². The van der Waals surface area contributed by atoms with E-state index in [2.05, 4.69) is 0 Å². The molecular weight excluding hydrogens is 264 g/mol. The molecular formula is C13H18N2O5. The highest BCUT2D eigenvalue weighted by molar-refractivity contribution is 5.98. The van der Waals surface area contributed by atoms with E-state index in [0.29, 0.717) is 5.69 Å². The van der Waals surface area contributed by atoms with E-state index in [-0.39, 0.29) is 30.2 Å². The third-order valence-corrected chi connectivity index (χ3v) is 2.84. The first-order valence-electron chi connectivity index (χ1n) is 6.04. The van der Waals surface area contributed by atoms with Crippen molar-refractivity contribution in [2.24, 2.45) is 0 Å². The number of likely N-dealkylation sites (N-methyl/N-ethyl adjacent to an activating group) is 1. The molecule has 1 unspecified atom stereocenters. The topological polar surface area (TPSA) is 92.9 Å². The number of ether oxygens (including phenoxy) is 1. The summed E-state index contributed by atoms with van der Waals surface area (Å²) in [5, 5.41) is 20.6. The smallest absolute Gasteiger partial charge is 0.282 e. The van der Waals surface area contributed by atoms with Crippen molar-refractivity contribution < 1.29 is 19.6 Å². The maximum Gasteiger partial charge on any atom is 0.282 e. The molecule has 1 aromatic rings. The second-order valence-electron chi connectivity index (χ2n) is 4.50. The number of hydrogen-bond donors (Lipinski definition) is 1. The molecule has 1 atom stereocenters. The lowest BCUT2D eigenvalue weighted by Crippen LogP contribution is -2.31. The van der Waals surface area contributed by atoms with Crippen LogP contribution in [0.5, 0.6) is 0 Å². The summed E-state index contributed by atoms with van der Waals surface area (Å²) < 4.78 is 4.82. The number of aliphatic hydroxyl groups excluding tert-OH is 1. The van der Waals surface area contributed by atoms with Crippen LogP contribution in [0.4, 0.5) is 11.4 Å². The Labute approximate surface area is 116 Å². The van der Waals surface area contributed by atoms with Gasteiger partial charge in [0.25, 0.3) is 5.69 Å². The van der Waals surface area contributed by atoms with E-state index in [9.17, 15) is 20.0 Å². The first-order valence-corrected chi connectivity index (χ1v) is 6.04. The van der Waals surface area contributed by atoms with Crippen LogP contribution in [0, 0.1) is 10.1 Å². The Morgan fingerprint density at radius 3 is 2.70 bits per heavy atom. The number of benzene rings is 1. The van der Waals surface area contributed by atoms with Gasteiger partial charge in [-0.15, -0.1) is 0 Å². The van der Waals surface area contributed by atoms with Crippen LogP contribution in [0.3, 0.4) is 0 Å². The van der Waals surface area contributed by atoms with E-state index in [4.69, 9.17) is 4.74 Å². The molecule has 0 saturated carbocycles. The molecule has 0 saturated heterocycles. The van der Waals surface area contributed by atoms with Crippen molar-refractivity contribution in [3.63, 3.8) is 0 Å². The van der Waals surface area contributed by atoms with Crippen molar-refractivity contribution in [2.75, 3.05) is 32.2 Å². The van der Waals surface area contributed by atoms with Crippen molar-refractivity contribution in [2.45, 2.75) is 13.0 Å². The van der Waals surface area contributed by atoms with Gasteiger partial charge in [0.15, 0.2) is 5.78 Å². The third-order valence-electron chi connectivity index (χ3n) is 2.84. The average Bonchev–Trinajstić information content (AvgIpc) is 2.37. The Balaban J connectivity index is 2.99. The van der Waals surface area contributed by atoms with Gasteiger partial charge in [-0.25, -0.2) is 0 Å². The van der Waals surface area contributed by atoms with Gasteiger partial charge in [-0.1, -0.05) is 0 Å². The fraction of sp³-hybridized carbons (Fsp3) is 0.462. The van der Waals surface area contributed by atoms with E-state index in [1.54, 1.807) is 18.0 Å². The summed E-state index contributed by atoms with van der Waals surface area (Å²) in [7, 11) is 3.18. The van der Waals surface area contributed by atoms with Crippen molar-refractivity contribution >= 4 is 17.2 Å². The number of nitro groups is 1. The van der Waals surface area contributed by atoms with Crippen molar-refractivity contribution in [3.05, 3.63) is 33.9 Å². The molecule has 20 heavy (non-hydrogen) atoms. The van der Waals surface area contributed by atoms with Crippen molar-refractivity contribution in [1.29, 1.82) is 0 Å². The van der Waals surface area contributed by atoms with Gasteiger partial charge in [-0.3, -0.25) is 14.9 Å². The maximum atomic E-state index is 11.3. The highest BCUT2D eigenvalue weighted by atomic mass is 16.6. The number of aliphatic hydroxyl groups is 1. The Morgan fingerprint density at radius 1 is 1.55 bits per heavy atom. The summed E-state index contributed by atoms with van der Waals surface area (Å²) >= 11 is 0. The zero-order valence-electron chi connectivity index (χ0n) is 11.7. The van der Waals surface area contributed by atoms with Gasteiger partial charge >= 0.3 is 0 Å². The van der Waals surface area contributed by atoms with Crippen molar-refractivity contribution in [3.8, 4) is 0 Å².